The van der Waals surface area contributed by atoms with Crippen molar-refractivity contribution in [3.05, 3.63) is 54.6 Å². The zero-order chi connectivity index (χ0) is 21.0. The molecule has 158 valence electrons. The maximum Gasteiger partial charge on any atom is 0.230 e. The summed E-state index contributed by atoms with van der Waals surface area (Å²) >= 11 is 0. The molecule has 0 aliphatic carbocycles. The van der Waals surface area contributed by atoms with Gasteiger partial charge in [-0.1, -0.05) is 30.3 Å². The van der Waals surface area contributed by atoms with E-state index < -0.39 is 5.41 Å². The Bertz CT molecular complexity index is 899. The Kier molecular flexibility index (Phi) is 5.83. The van der Waals surface area contributed by atoms with E-state index in [1.165, 1.54) is 0 Å². The molecule has 4 rings (SSSR count). The summed E-state index contributed by atoms with van der Waals surface area (Å²) in [4.78, 5) is 43.9. The van der Waals surface area contributed by atoms with E-state index >= 15 is 0 Å². The Balaban J connectivity index is 1.45. The van der Waals surface area contributed by atoms with E-state index in [0.717, 1.165) is 5.56 Å². The highest BCUT2D eigenvalue weighted by atomic mass is 16.2. The van der Waals surface area contributed by atoms with Gasteiger partial charge in [-0.05, 0) is 18.4 Å². The zero-order valence-corrected chi connectivity index (χ0v) is 16.9. The highest BCUT2D eigenvalue weighted by Crippen LogP contribution is 2.38. The van der Waals surface area contributed by atoms with Gasteiger partial charge in [0, 0.05) is 57.5 Å². The Hall–Kier alpha value is -3.16. The molecule has 1 aromatic heterocycles. The number of nitrogens with zero attached hydrogens (tertiary/aromatic N) is 3. The molecular weight excluding hydrogens is 382 g/mol. The van der Waals surface area contributed by atoms with Crippen LogP contribution in [0.4, 0.5) is 0 Å². The van der Waals surface area contributed by atoms with Gasteiger partial charge in [0.2, 0.25) is 17.7 Å². The van der Waals surface area contributed by atoms with E-state index in [1.54, 1.807) is 17.4 Å². The van der Waals surface area contributed by atoms with Crippen molar-refractivity contribution in [3.8, 4) is 0 Å². The van der Waals surface area contributed by atoms with Gasteiger partial charge in [0.05, 0.1) is 11.7 Å². The second-order valence-corrected chi connectivity index (χ2v) is 8.10. The third-order valence-electron chi connectivity index (χ3n) is 6.20. The summed E-state index contributed by atoms with van der Waals surface area (Å²) in [6, 6.07) is 9.49. The van der Waals surface area contributed by atoms with E-state index in [4.69, 9.17) is 0 Å². The number of carbonyl (C=O) groups excluding carboxylic acids is 3. The monoisotopic (exact) mass is 409 g/mol. The maximum atomic E-state index is 13.3. The average Bonchev–Trinajstić information content (AvgIpc) is 3.30. The molecule has 1 aromatic carbocycles. The number of benzene rings is 1. The molecule has 2 aromatic rings. The van der Waals surface area contributed by atoms with Crippen molar-refractivity contribution in [2.75, 3.05) is 13.1 Å². The summed E-state index contributed by atoms with van der Waals surface area (Å²) in [7, 11) is 0. The van der Waals surface area contributed by atoms with Crippen LogP contribution in [0.3, 0.4) is 0 Å². The van der Waals surface area contributed by atoms with Gasteiger partial charge in [0.1, 0.15) is 0 Å². The van der Waals surface area contributed by atoms with Crippen LogP contribution in [0.5, 0.6) is 0 Å². The summed E-state index contributed by atoms with van der Waals surface area (Å²) in [6.45, 7) is 1.86. The van der Waals surface area contributed by atoms with Crippen molar-refractivity contribution >= 4 is 17.7 Å². The first kappa shape index (κ1) is 20.1. The fraction of sp³-hybridized carbons (Fsp3) is 0.455. The Morgan fingerprint density at radius 2 is 2.10 bits per heavy atom. The number of rotatable bonds is 6. The lowest BCUT2D eigenvalue weighted by Crippen LogP contribution is -2.66. The molecule has 2 saturated heterocycles. The number of aryl methyl sites for hydroxylation is 1. The minimum absolute atomic E-state index is 0.0219. The quantitative estimate of drug-likeness (QED) is 0.746. The molecule has 2 aliphatic heterocycles. The number of amides is 3. The number of hydrogen-bond acceptors (Lipinski definition) is 4. The van der Waals surface area contributed by atoms with Crippen LogP contribution in [-0.4, -0.2) is 51.3 Å². The number of imidazole rings is 1. The Morgan fingerprint density at radius 3 is 2.87 bits per heavy atom. The van der Waals surface area contributed by atoms with Crippen molar-refractivity contribution < 1.29 is 14.4 Å². The first-order valence-electron chi connectivity index (χ1n) is 10.4. The summed E-state index contributed by atoms with van der Waals surface area (Å²) in [6.07, 6.45) is 6.90. The van der Waals surface area contributed by atoms with Crippen LogP contribution in [0.25, 0.3) is 0 Å². The number of nitrogens with one attached hydrogen (secondary N) is 2. The van der Waals surface area contributed by atoms with Crippen molar-refractivity contribution in [1.29, 1.82) is 0 Å². The van der Waals surface area contributed by atoms with Crippen LogP contribution in [-0.2, 0) is 27.5 Å². The van der Waals surface area contributed by atoms with Gasteiger partial charge >= 0.3 is 0 Å². The van der Waals surface area contributed by atoms with E-state index in [9.17, 15) is 14.4 Å². The molecular formula is C22H27N5O3. The number of aromatic nitrogens is 2. The summed E-state index contributed by atoms with van der Waals surface area (Å²) in [5.74, 6) is -0.0934. The summed E-state index contributed by atoms with van der Waals surface area (Å²) in [5.41, 5.74) is 0.230. The Labute approximate surface area is 175 Å². The van der Waals surface area contributed by atoms with Crippen molar-refractivity contribution in [2.45, 2.75) is 44.8 Å². The van der Waals surface area contributed by atoms with Gasteiger partial charge in [-0.2, -0.15) is 0 Å². The van der Waals surface area contributed by atoms with Crippen LogP contribution in [0, 0.1) is 5.41 Å². The SMILES string of the molecule is O=C1CC[C@]2(C(=O)NCc3ccccc3)CN(C(=O)CCn3ccnc3)CC[C@H]2N1. The van der Waals surface area contributed by atoms with Gasteiger partial charge < -0.3 is 20.1 Å². The highest BCUT2D eigenvalue weighted by Gasteiger charge is 2.52. The summed E-state index contributed by atoms with van der Waals surface area (Å²) in [5, 5.41) is 6.05. The molecule has 30 heavy (non-hydrogen) atoms. The molecule has 2 N–H and O–H groups in total. The Morgan fingerprint density at radius 1 is 1.27 bits per heavy atom. The molecule has 0 spiro atoms. The maximum absolute atomic E-state index is 13.3. The van der Waals surface area contributed by atoms with E-state index in [1.807, 2.05) is 41.1 Å². The highest BCUT2D eigenvalue weighted by molar-refractivity contribution is 5.89. The van der Waals surface area contributed by atoms with Crippen LogP contribution in [0.2, 0.25) is 0 Å². The number of piperidine rings is 2. The molecule has 0 radical (unpaired) electrons. The molecule has 2 aliphatic rings. The molecule has 0 bridgehead atoms. The van der Waals surface area contributed by atoms with E-state index in [0.29, 0.717) is 51.9 Å². The zero-order valence-electron chi connectivity index (χ0n) is 16.9. The van der Waals surface area contributed by atoms with Crippen LogP contribution in [0.1, 0.15) is 31.2 Å². The molecule has 0 saturated carbocycles. The molecule has 0 unspecified atom stereocenters. The normalized spacial score (nSPS) is 23.4. The van der Waals surface area contributed by atoms with Gasteiger partial charge in [0.15, 0.2) is 0 Å². The third kappa shape index (κ3) is 4.22. The van der Waals surface area contributed by atoms with Crippen molar-refractivity contribution in [3.63, 3.8) is 0 Å². The van der Waals surface area contributed by atoms with E-state index in [-0.39, 0.29) is 23.8 Å². The second-order valence-electron chi connectivity index (χ2n) is 8.10. The van der Waals surface area contributed by atoms with Crippen molar-refractivity contribution in [1.82, 2.24) is 25.1 Å². The van der Waals surface area contributed by atoms with Crippen LogP contribution >= 0.6 is 0 Å². The number of carbonyl (C=O) groups is 3. The standard InChI is InChI=1S/C22H27N5O3/c28-19-6-9-22(21(30)24-14-17-4-2-1-3-5-17)15-27(12-7-18(22)25-19)20(29)8-11-26-13-10-23-16-26/h1-5,10,13,16,18H,6-9,11-12,14-15H2,(H,24,30)(H,25,28)/t18-,22+/m1/s1. The minimum Gasteiger partial charge on any atom is -0.352 e. The average molecular weight is 409 g/mol. The number of hydrogen-bond donors (Lipinski definition) is 2. The first-order chi connectivity index (χ1) is 14.6. The largest absolute Gasteiger partial charge is 0.352 e. The van der Waals surface area contributed by atoms with Gasteiger partial charge in [-0.3, -0.25) is 14.4 Å². The molecule has 3 heterocycles. The molecule has 2 atom stereocenters. The molecule has 8 heteroatoms. The van der Waals surface area contributed by atoms with Crippen LogP contribution < -0.4 is 10.6 Å². The fourth-order valence-corrected chi connectivity index (χ4v) is 4.47. The lowest BCUT2D eigenvalue weighted by Gasteiger charge is -2.49. The van der Waals surface area contributed by atoms with Crippen molar-refractivity contribution in [2.24, 2.45) is 5.41 Å². The predicted octanol–water partition coefficient (Wildman–Crippen LogP) is 1.09. The predicted molar refractivity (Wildman–Crippen MR) is 110 cm³/mol. The van der Waals surface area contributed by atoms with E-state index in [2.05, 4.69) is 15.6 Å². The second kappa shape index (κ2) is 8.69. The molecule has 2 fully saturated rings. The van der Waals surface area contributed by atoms with Gasteiger partial charge in [-0.25, -0.2) is 4.98 Å². The first-order valence-corrected chi connectivity index (χ1v) is 10.4. The number of likely N-dealkylation sites (tertiary alicyclic amines) is 1. The molecule has 8 nitrogen and oxygen atoms in total. The smallest absolute Gasteiger partial charge is 0.230 e. The minimum atomic E-state index is -0.786. The number of fused-ring (bicyclic) bond motifs is 1. The topological polar surface area (TPSA) is 96.3 Å². The lowest BCUT2D eigenvalue weighted by atomic mass is 9.69. The van der Waals surface area contributed by atoms with Gasteiger partial charge in [-0.15, -0.1) is 0 Å². The lowest BCUT2D eigenvalue weighted by molar-refractivity contribution is -0.148. The molecule has 3 amide bonds. The third-order valence-corrected chi connectivity index (χ3v) is 6.20. The fourth-order valence-electron chi connectivity index (χ4n) is 4.47. The van der Waals surface area contributed by atoms with Gasteiger partial charge in [0.25, 0.3) is 0 Å². The van der Waals surface area contributed by atoms with Crippen LogP contribution in [0.15, 0.2) is 49.1 Å². The summed E-state index contributed by atoms with van der Waals surface area (Å²) < 4.78 is 1.87.